The first kappa shape index (κ1) is 16.1. The fourth-order valence-electron chi connectivity index (χ4n) is 5.59. The lowest BCUT2D eigenvalue weighted by Gasteiger charge is -2.55. The van der Waals surface area contributed by atoms with Gasteiger partial charge in [-0.25, -0.2) is 4.90 Å². The van der Waals surface area contributed by atoms with Gasteiger partial charge in [0.15, 0.2) is 0 Å². The molecule has 0 radical (unpaired) electrons. The summed E-state index contributed by atoms with van der Waals surface area (Å²) in [5, 5.41) is 0.583. The van der Waals surface area contributed by atoms with Crippen molar-refractivity contribution in [3.05, 3.63) is 89.1 Å². The Morgan fingerprint density at radius 2 is 1.50 bits per heavy atom. The zero-order valence-electron chi connectivity index (χ0n) is 14.9. The van der Waals surface area contributed by atoms with Crippen molar-refractivity contribution >= 4 is 29.1 Å². The largest absolute Gasteiger partial charge is 0.363 e. The van der Waals surface area contributed by atoms with Crippen LogP contribution in [-0.2, 0) is 9.59 Å². The van der Waals surface area contributed by atoms with Gasteiger partial charge in [-0.05, 0) is 41.5 Å². The van der Waals surface area contributed by atoms with E-state index in [1.165, 1.54) is 16.0 Å². The number of rotatable bonds is 1. The standard InChI is InChI=1S/C23H17ClN2O2/c24-13-8-10-14(11-9-13)26-22(27)19-18-15-5-1-2-6-16(15)21(20(19)23(26)28)25-12-4-3-7-17(18)25/h1-12,17-21H. The summed E-state index contributed by atoms with van der Waals surface area (Å²) in [4.78, 5) is 30.7. The molecule has 2 fully saturated rings. The van der Waals surface area contributed by atoms with Crippen LogP contribution in [-0.4, -0.2) is 22.8 Å². The Hall–Kier alpha value is -2.85. The smallest absolute Gasteiger partial charge is 0.240 e. The second kappa shape index (κ2) is 5.58. The topological polar surface area (TPSA) is 40.6 Å². The molecule has 7 rings (SSSR count). The number of carbonyl (C=O) groups excluding carboxylic acids is 2. The van der Waals surface area contributed by atoms with Crippen LogP contribution in [0.5, 0.6) is 0 Å². The van der Waals surface area contributed by atoms with E-state index in [1.54, 1.807) is 24.3 Å². The molecule has 0 aromatic heterocycles. The number of piperidine rings is 1. The first-order chi connectivity index (χ1) is 13.7. The Kier molecular flexibility index (Phi) is 3.22. The third-order valence-electron chi connectivity index (χ3n) is 6.59. The zero-order valence-corrected chi connectivity index (χ0v) is 15.7. The molecule has 2 aromatic carbocycles. The molecule has 2 aromatic rings. The Balaban J connectivity index is 1.53. The van der Waals surface area contributed by atoms with Crippen molar-refractivity contribution in [3.8, 4) is 0 Å². The number of allylic oxidation sites excluding steroid dienone is 2. The van der Waals surface area contributed by atoms with Crippen LogP contribution in [0, 0.1) is 11.8 Å². The molecule has 28 heavy (non-hydrogen) atoms. The van der Waals surface area contributed by atoms with Gasteiger partial charge in [-0.3, -0.25) is 9.59 Å². The highest BCUT2D eigenvalue weighted by Gasteiger charge is 2.64. The summed E-state index contributed by atoms with van der Waals surface area (Å²) >= 11 is 6.00. The molecule has 5 heteroatoms. The van der Waals surface area contributed by atoms with Crippen LogP contribution in [0.3, 0.4) is 0 Å². The van der Waals surface area contributed by atoms with Gasteiger partial charge in [-0.1, -0.05) is 48.0 Å². The summed E-state index contributed by atoms with van der Waals surface area (Å²) in [7, 11) is 0. The maximum absolute atomic E-state index is 13.5. The van der Waals surface area contributed by atoms with E-state index in [1.807, 2.05) is 24.3 Å². The molecule has 5 unspecified atom stereocenters. The molecule has 0 N–H and O–H groups in total. The summed E-state index contributed by atoms with van der Waals surface area (Å²) in [6.07, 6.45) is 8.27. The average molecular weight is 389 g/mol. The van der Waals surface area contributed by atoms with Gasteiger partial charge in [0.25, 0.3) is 0 Å². The number of benzene rings is 2. The Morgan fingerprint density at radius 1 is 0.786 bits per heavy atom. The van der Waals surface area contributed by atoms with Crippen molar-refractivity contribution in [1.82, 2.24) is 4.90 Å². The van der Waals surface area contributed by atoms with Crippen LogP contribution in [0.1, 0.15) is 23.1 Å². The summed E-state index contributed by atoms with van der Waals surface area (Å²) in [5.41, 5.74) is 2.97. The maximum atomic E-state index is 13.5. The van der Waals surface area contributed by atoms with Crippen LogP contribution < -0.4 is 4.90 Å². The van der Waals surface area contributed by atoms with Gasteiger partial charge >= 0.3 is 0 Å². The van der Waals surface area contributed by atoms with E-state index >= 15 is 0 Å². The summed E-state index contributed by atoms with van der Waals surface area (Å²) in [5.74, 6) is -0.926. The highest BCUT2D eigenvalue weighted by molar-refractivity contribution is 6.31. The number of imide groups is 1. The number of nitrogens with zero attached hydrogens (tertiary/aromatic N) is 2. The first-order valence-corrected chi connectivity index (χ1v) is 9.89. The van der Waals surface area contributed by atoms with E-state index in [-0.39, 0.29) is 41.7 Å². The minimum Gasteiger partial charge on any atom is -0.363 e. The number of halogens is 1. The van der Waals surface area contributed by atoms with Gasteiger partial charge in [-0.2, -0.15) is 0 Å². The Bertz CT molecular complexity index is 1010. The minimum atomic E-state index is -0.365. The second-order valence-electron chi connectivity index (χ2n) is 7.80. The molecule has 5 atom stereocenters. The Morgan fingerprint density at radius 3 is 2.29 bits per heavy atom. The van der Waals surface area contributed by atoms with E-state index in [0.717, 1.165) is 0 Å². The molecule has 2 bridgehead atoms. The normalized spacial score (nSPS) is 31.8. The van der Waals surface area contributed by atoms with Crippen LogP contribution >= 0.6 is 11.6 Å². The average Bonchev–Trinajstić information content (AvgIpc) is 3.00. The number of hydrogen-bond acceptors (Lipinski definition) is 3. The molecule has 2 saturated heterocycles. The van der Waals surface area contributed by atoms with Gasteiger partial charge in [0, 0.05) is 17.1 Å². The molecular weight excluding hydrogens is 372 g/mol. The van der Waals surface area contributed by atoms with Crippen molar-refractivity contribution < 1.29 is 9.59 Å². The number of hydrogen-bond donors (Lipinski definition) is 0. The first-order valence-electron chi connectivity index (χ1n) is 9.51. The van der Waals surface area contributed by atoms with Crippen molar-refractivity contribution in [2.24, 2.45) is 11.8 Å². The number of anilines is 1. The van der Waals surface area contributed by atoms with Crippen LogP contribution in [0.15, 0.2) is 73.0 Å². The third-order valence-corrected chi connectivity index (χ3v) is 6.85. The fraction of sp³-hybridized carbons (Fsp3) is 0.217. The van der Waals surface area contributed by atoms with E-state index in [0.29, 0.717) is 10.7 Å². The molecule has 0 saturated carbocycles. The molecule has 2 amide bonds. The van der Waals surface area contributed by atoms with Crippen LogP contribution in [0.4, 0.5) is 5.69 Å². The van der Waals surface area contributed by atoms with Gasteiger partial charge in [0.2, 0.25) is 11.8 Å². The number of carbonyl (C=O) groups is 2. The molecule has 138 valence electrons. The predicted octanol–water partition coefficient (Wildman–Crippen LogP) is 4.05. The molecule has 4 nitrogen and oxygen atoms in total. The Labute approximate surface area is 167 Å². The van der Waals surface area contributed by atoms with Crippen molar-refractivity contribution in [2.75, 3.05) is 4.90 Å². The monoisotopic (exact) mass is 388 g/mol. The van der Waals surface area contributed by atoms with E-state index in [2.05, 4.69) is 29.3 Å². The highest BCUT2D eigenvalue weighted by atomic mass is 35.5. The van der Waals surface area contributed by atoms with Gasteiger partial charge in [0.05, 0.1) is 29.6 Å². The quantitative estimate of drug-likeness (QED) is 0.692. The zero-order chi connectivity index (χ0) is 19.0. The van der Waals surface area contributed by atoms with Crippen molar-refractivity contribution in [2.45, 2.75) is 18.0 Å². The number of amides is 2. The summed E-state index contributed by atoms with van der Waals surface area (Å²) < 4.78 is 0. The molecule has 4 aliphatic heterocycles. The molecule has 5 aliphatic rings. The predicted molar refractivity (Wildman–Crippen MR) is 107 cm³/mol. The lowest BCUT2D eigenvalue weighted by molar-refractivity contribution is -0.128. The van der Waals surface area contributed by atoms with Gasteiger partial charge < -0.3 is 4.90 Å². The van der Waals surface area contributed by atoms with Crippen molar-refractivity contribution in [3.63, 3.8) is 0 Å². The lowest BCUT2D eigenvalue weighted by atomic mass is 9.60. The summed E-state index contributed by atoms with van der Waals surface area (Å²) in [6.45, 7) is 0. The van der Waals surface area contributed by atoms with E-state index < -0.39 is 0 Å². The molecule has 1 aliphatic carbocycles. The fourth-order valence-corrected chi connectivity index (χ4v) is 5.72. The van der Waals surface area contributed by atoms with Gasteiger partial charge in [-0.15, -0.1) is 0 Å². The second-order valence-corrected chi connectivity index (χ2v) is 8.24. The van der Waals surface area contributed by atoms with E-state index in [4.69, 9.17) is 11.6 Å². The minimum absolute atomic E-state index is 0.0267. The van der Waals surface area contributed by atoms with E-state index in [9.17, 15) is 9.59 Å². The SMILES string of the molecule is O=C1C2C(C(=O)N1c1ccc(Cl)cc1)C1c3ccccc3C2C2C=CC=CN21. The van der Waals surface area contributed by atoms with Gasteiger partial charge in [0.1, 0.15) is 0 Å². The third kappa shape index (κ3) is 1.91. The van der Waals surface area contributed by atoms with Crippen LogP contribution in [0.25, 0.3) is 0 Å². The maximum Gasteiger partial charge on any atom is 0.240 e. The summed E-state index contributed by atoms with van der Waals surface area (Å²) in [6, 6.07) is 15.2. The van der Waals surface area contributed by atoms with Crippen LogP contribution in [0.2, 0.25) is 5.02 Å². The molecule has 4 heterocycles. The highest BCUT2D eigenvalue weighted by Crippen LogP contribution is 2.60. The van der Waals surface area contributed by atoms with Crippen molar-refractivity contribution in [1.29, 1.82) is 0 Å². The molecular formula is C23H17ClN2O2. The molecule has 0 spiro atoms. The lowest BCUT2D eigenvalue weighted by Crippen LogP contribution is -2.56.